The molecule has 2 aliphatic heterocycles. The van der Waals surface area contributed by atoms with Crippen LogP contribution in [0.25, 0.3) is 10.8 Å². The Morgan fingerprint density at radius 1 is 1.14 bits per heavy atom. The highest BCUT2D eigenvalue weighted by Gasteiger charge is 2.44. The van der Waals surface area contributed by atoms with Gasteiger partial charge in [0.1, 0.15) is 11.4 Å². The number of carbonyl (C=O) groups excluding carboxylic acids is 2. The molecular formula is C28H31FN4O4. The van der Waals surface area contributed by atoms with Crippen LogP contribution in [0.3, 0.4) is 0 Å². The molecule has 2 amide bonds. The zero-order chi connectivity index (χ0) is 26.3. The van der Waals surface area contributed by atoms with Crippen molar-refractivity contribution in [3.63, 3.8) is 0 Å². The number of carbonyl (C=O) groups is 2. The Morgan fingerprint density at radius 2 is 1.89 bits per heavy atom. The quantitative estimate of drug-likeness (QED) is 0.577. The maximum absolute atomic E-state index is 14.9. The lowest BCUT2D eigenvalue weighted by Crippen LogP contribution is -2.50. The van der Waals surface area contributed by atoms with E-state index < -0.39 is 17.3 Å². The third-order valence-corrected chi connectivity index (χ3v) is 7.10. The minimum atomic E-state index is -0.604. The number of fused-ring (bicyclic) bond motifs is 2. The Bertz CT molecular complexity index is 1410. The summed E-state index contributed by atoms with van der Waals surface area (Å²) in [4.78, 5) is 41.8. The predicted octanol–water partition coefficient (Wildman–Crippen LogP) is 4.12. The van der Waals surface area contributed by atoms with E-state index in [4.69, 9.17) is 4.74 Å². The Hall–Kier alpha value is -3.75. The summed E-state index contributed by atoms with van der Waals surface area (Å²) < 4.78 is 20.5. The Kier molecular flexibility index (Phi) is 6.47. The van der Waals surface area contributed by atoms with Crippen LogP contribution in [0.1, 0.15) is 55.2 Å². The number of hydrogen-bond donors (Lipinski definition) is 1. The number of piperidine rings is 1. The van der Waals surface area contributed by atoms with E-state index in [1.54, 1.807) is 34.1 Å². The van der Waals surface area contributed by atoms with Gasteiger partial charge in [0.05, 0.1) is 22.7 Å². The second-order valence-corrected chi connectivity index (χ2v) is 10.9. The van der Waals surface area contributed by atoms with Gasteiger partial charge in [0, 0.05) is 31.4 Å². The van der Waals surface area contributed by atoms with Crippen LogP contribution in [0.5, 0.6) is 0 Å². The number of aromatic amines is 1. The number of aromatic nitrogens is 2. The summed E-state index contributed by atoms with van der Waals surface area (Å²) in [7, 11) is 0. The Labute approximate surface area is 214 Å². The molecule has 9 heteroatoms. The van der Waals surface area contributed by atoms with Crippen molar-refractivity contribution in [1.82, 2.24) is 20.0 Å². The number of ether oxygens (including phenoxy) is 1. The van der Waals surface area contributed by atoms with Crippen LogP contribution in [0.4, 0.5) is 9.18 Å². The van der Waals surface area contributed by atoms with E-state index in [1.807, 2.05) is 32.9 Å². The normalized spacial score (nSPS) is 19.7. The molecule has 2 unspecified atom stereocenters. The molecule has 3 aromatic rings. The molecule has 2 saturated heterocycles. The van der Waals surface area contributed by atoms with Crippen molar-refractivity contribution < 1.29 is 18.7 Å². The van der Waals surface area contributed by atoms with Gasteiger partial charge in [-0.1, -0.05) is 24.3 Å². The van der Waals surface area contributed by atoms with Crippen molar-refractivity contribution in [3.8, 4) is 0 Å². The van der Waals surface area contributed by atoms with Crippen molar-refractivity contribution >= 4 is 22.8 Å². The molecule has 0 aliphatic carbocycles. The van der Waals surface area contributed by atoms with Crippen LogP contribution in [0.15, 0.2) is 47.3 Å². The highest BCUT2D eigenvalue weighted by Crippen LogP contribution is 2.33. The summed E-state index contributed by atoms with van der Waals surface area (Å²) in [6.07, 6.45) is 1.70. The molecule has 3 heterocycles. The lowest BCUT2D eigenvalue weighted by atomic mass is 9.92. The first-order valence-corrected chi connectivity index (χ1v) is 12.6. The Balaban J connectivity index is 1.36. The molecule has 8 nitrogen and oxygen atoms in total. The molecule has 1 N–H and O–H groups in total. The van der Waals surface area contributed by atoms with Gasteiger partial charge in [-0.05, 0) is 63.3 Å². The van der Waals surface area contributed by atoms with Crippen LogP contribution in [0, 0.1) is 11.7 Å². The maximum Gasteiger partial charge on any atom is 0.410 e. The van der Waals surface area contributed by atoms with E-state index in [2.05, 4.69) is 10.2 Å². The highest BCUT2D eigenvalue weighted by molar-refractivity contribution is 5.95. The number of H-pyrrole nitrogens is 1. The molecule has 2 fully saturated rings. The maximum atomic E-state index is 14.9. The summed E-state index contributed by atoms with van der Waals surface area (Å²) >= 11 is 0. The van der Waals surface area contributed by atoms with Gasteiger partial charge < -0.3 is 14.5 Å². The number of likely N-dealkylation sites (tertiary alicyclic amines) is 2. The van der Waals surface area contributed by atoms with Gasteiger partial charge in [-0.3, -0.25) is 9.59 Å². The van der Waals surface area contributed by atoms with Crippen LogP contribution >= 0.6 is 0 Å². The molecule has 0 saturated carbocycles. The summed E-state index contributed by atoms with van der Waals surface area (Å²) in [5.74, 6) is -0.850. The van der Waals surface area contributed by atoms with Crippen LogP contribution in [-0.2, 0) is 11.2 Å². The SMILES string of the molecule is CC(C)(C)OC(=O)N1CCCC2CN(C(=O)c3cc(Cc4n[nH]c(=O)c5ccccc45)ccc3F)CC21. The van der Waals surface area contributed by atoms with Crippen LogP contribution < -0.4 is 5.56 Å². The van der Waals surface area contributed by atoms with Gasteiger partial charge in [-0.2, -0.15) is 5.10 Å². The zero-order valence-corrected chi connectivity index (χ0v) is 21.3. The number of hydrogen-bond acceptors (Lipinski definition) is 5. The lowest BCUT2D eigenvalue weighted by molar-refractivity contribution is 0.00615. The van der Waals surface area contributed by atoms with E-state index in [0.717, 1.165) is 12.8 Å². The summed E-state index contributed by atoms with van der Waals surface area (Å²) in [6, 6.07) is 11.5. The van der Waals surface area contributed by atoms with Gasteiger partial charge in [-0.15, -0.1) is 0 Å². The van der Waals surface area contributed by atoms with E-state index in [-0.39, 0.29) is 29.2 Å². The minimum Gasteiger partial charge on any atom is -0.444 e. The van der Waals surface area contributed by atoms with Gasteiger partial charge >= 0.3 is 6.09 Å². The van der Waals surface area contributed by atoms with Gasteiger partial charge in [0.15, 0.2) is 0 Å². The molecule has 2 aliphatic rings. The average Bonchev–Trinajstić information content (AvgIpc) is 3.30. The fraction of sp³-hybridized carbons (Fsp3) is 0.429. The monoisotopic (exact) mass is 506 g/mol. The molecular weight excluding hydrogens is 475 g/mol. The third kappa shape index (κ3) is 5.08. The molecule has 194 valence electrons. The molecule has 2 aromatic carbocycles. The highest BCUT2D eigenvalue weighted by atomic mass is 19.1. The Morgan fingerprint density at radius 3 is 2.65 bits per heavy atom. The molecule has 0 radical (unpaired) electrons. The predicted molar refractivity (Wildman–Crippen MR) is 137 cm³/mol. The molecule has 0 spiro atoms. The topological polar surface area (TPSA) is 95.6 Å². The van der Waals surface area contributed by atoms with Crippen molar-refractivity contribution in [2.75, 3.05) is 19.6 Å². The summed E-state index contributed by atoms with van der Waals surface area (Å²) in [6.45, 7) is 6.90. The van der Waals surface area contributed by atoms with Crippen molar-refractivity contribution in [1.29, 1.82) is 0 Å². The third-order valence-electron chi connectivity index (χ3n) is 7.10. The molecule has 2 atom stereocenters. The fourth-order valence-electron chi connectivity index (χ4n) is 5.41. The first-order chi connectivity index (χ1) is 17.6. The fourth-order valence-corrected chi connectivity index (χ4v) is 5.41. The average molecular weight is 507 g/mol. The van der Waals surface area contributed by atoms with Gasteiger partial charge in [0.25, 0.3) is 11.5 Å². The molecule has 0 bridgehead atoms. The first kappa shape index (κ1) is 24.9. The standard InChI is InChI=1S/C28H31FN4O4/c1-28(2,3)37-27(36)33-12-6-7-18-15-32(16-24(18)33)26(35)21-13-17(10-11-22(21)29)14-23-19-8-4-5-9-20(19)25(34)31-30-23/h4-5,8-11,13,18,24H,6-7,12,14-16H2,1-3H3,(H,31,34). The molecule has 5 rings (SSSR count). The molecule has 37 heavy (non-hydrogen) atoms. The van der Waals surface area contributed by atoms with E-state index in [1.165, 1.54) is 6.07 Å². The van der Waals surface area contributed by atoms with Crippen molar-refractivity contribution in [2.45, 2.75) is 51.7 Å². The van der Waals surface area contributed by atoms with Crippen LogP contribution in [0.2, 0.25) is 0 Å². The van der Waals surface area contributed by atoms with Crippen molar-refractivity contribution in [2.24, 2.45) is 5.92 Å². The number of amides is 2. The van der Waals surface area contributed by atoms with E-state index >= 15 is 0 Å². The summed E-state index contributed by atoms with van der Waals surface area (Å²) in [5, 5.41) is 7.96. The smallest absolute Gasteiger partial charge is 0.410 e. The van der Waals surface area contributed by atoms with Gasteiger partial charge in [-0.25, -0.2) is 14.3 Å². The largest absolute Gasteiger partial charge is 0.444 e. The summed E-state index contributed by atoms with van der Waals surface area (Å²) in [5.41, 5.74) is 0.467. The number of halogens is 1. The lowest BCUT2D eigenvalue weighted by Gasteiger charge is -2.37. The zero-order valence-electron chi connectivity index (χ0n) is 21.3. The molecule has 1 aromatic heterocycles. The second kappa shape index (κ2) is 9.61. The van der Waals surface area contributed by atoms with Crippen LogP contribution in [-0.4, -0.2) is 63.3 Å². The van der Waals surface area contributed by atoms with E-state index in [9.17, 15) is 18.8 Å². The van der Waals surface area contributed by atoms with Gasteiger partial charge in [0.2, 0.25) is 0 Å². The number of nitrogens with zero attached hydrogens (tertiary/aromatic N) is 3. The first-order valence-electron chi connectivity index (χ1n) is 12.6. The van der Waals surface area contributed by atoms with E-state index in [0.29, 0.717) is 48.1 Å². The number of benzene rings is 2. The number of nitrogens with one attached hydrogen (secondary N) is 1. The second-order valence-electron chi connectivity index (χ2n) is 10.9. The minimum absolute atomic E-state index is 0.00584. The van der Waals surface area contributed by atoms with Crippen molar-refractivity contribution in [3.05, 3.63) is 75.5 Å². The number of rotatable bonds is 3.